The molecule has 31 heavy (non-hydrogen) atoms. The van der Waals surface area contributed by atoms with E-state index < -0.39 is 0 Å². The highest BCUT2D eigenvalue weighted by atomic mass is 32.2. The molecule has 0 aliphatic heterocycles. The molecule has 0 atom stereocenters. The molecule has 0 saturated carbocycles. The summed E-state index contributed by atoms with van der Waals surface area (Å²) in [4.78, 5) is 20.2. The molecule has 7 nitrogen and oxygen atoms in total. The highest BCUT2D eigenvalue weighted by molar-refractivity contribution is 7.98. The molecule has 10 heteroatoms. The predicted octanol–water partition coefficient (Wildman–Crippen LogP) is 5.14. The standard InChI is InChI=1S/C21H22N6OS3/c1-13-8-14(2)19(15(3)9-13)27(16(4)28)20-22-17(11-30-20)12-31-21-23-24-25-26(21)10-18-6-5-7-29-18/h5-9,11H,10,12H2,1-4H3. The number of amides is 1. The number of thiophene rings is 1. The molecule has 0 spiro atoms. The van der Waals surface area contributed by atoms with Crippen LogP contribution in [0.4, 0.5) is 10.8 Å². The summed E-state index contributed by atoms with van der Waals surface area (Å²) in [6.45, 7) is 8.35. The van der Waals surface area contributed by atoms with Crippen molar-refractivity contribution in [3.63, 3.8) is 0 Å². The van der Waals surface area contributed by atoms with Crippen LogP contribution in [0.3, 0.4) is 0 Å². The van der Waals surface area contributed by atoms with Crippen LogP contribution in [0.15, 0.2) is 40.2 Å². The number of aromatic nitrogens is 5. The Hall–Kier alpha value is -2.56. The van der Waals surface area contributed by atoms with Gasteiger partial charge in [-0.25, -0.2) is 9.67 Å². The first-order chi connectivity index (χ1) is 14.9. The SMILES string of the molecule is CC(=O)N(c1nc(CSc2nnnn2Cc2cccs2)cs1)c1c(C)cc(C)cc1C. The second-order valence-corrected chi connectivity index (χ2v) is 10.0. The third-order valence-corrected chi connectivity index (χ3v) is 7.37. The van der Waals surface area contributed by atoms with Gasteiger partial charge >= 0.3 is 0 Å². The van der Waals surface area contributed by atoms with Crippen LogP contribution in [0.5, 0.6) is 0 Å². The topological polar surface area (TPSA) is 76.8 Å². The van der Waals surface area contributed by atoms with E-state index in [4.69, 9.17) is 4.98 Å². The largest absolute Gasteiger partial charge is 0.274 e. The Morgan fingerprint density at radius 2 is 1.97 bits per heavy atom. The molecule has 4 aromatic rings. The Balaban J connectivity index is 1.52. The number of aryl methyl sites for hydroxylation is 3. The van der Waals surface area contributed by atoms with Crippen LogP contribution in [-0.2, 0) is 17.1 Å². The number of carbonyl (C=O) groups is 1. The summed E-state index contributed by atoms with van der Waals surface area (Å²) in [5.41, 5.74) is 5.10. The van der Waals surface area contributed by atoms with E-state index in [-0.39, 0.29) is 5.91 Å². The van der Waals surface area contributed by atoms with Gasteiger partial charge in [-0.2, -0.15) is 0 Å². The van der Waals surface area contributed by atoms with Crippen LogP contribution in [0.25, 0.3) is 0 Å². The molecule has 0 N–H and O–H groups in total. The van der Waals surface area contributed by atoms with E-state index >= 15 is 0 Å². The number of thioether (sulfide) groups is 1. The van der Waals surface area contributed by atoms with Crippen molar-refractivity contribution < 1.29 is 4.79 Å². The van der Waals surface area contributed by atoms with Gasteiger partial charge in [-0.1, -0.05) is 35.5 Å². The highest BCUT2D eigenvalue weighted by Gasteiger charge is 2.22. The quantitative estimate of drug-likeness (QED) is 0.348. The minimum Gasteiger partial charge on any atom is -0.274 e. The maximum Gasteiger partial charge on any atom is 0.230 e. The molecular weight excluding hydrogens is 448 g/mol. The number of rotatable bonds is 7. The summed E-state index contributed by atoms with van der Waals surface area (Å²) in [5, 5.41) is 17.5. The first-order valence-electron chi connectivity index (χ1n) is 9.66. The van der Waals surface area contributed by atoms with E-state index in [1.54, 1.807) is 27.8 Å². The third kappa shape index (κ3) is 4.86. The van der Waals surface area contributed by atoms with Gasteiger partial charge < -0.3 is 0 Å². The molecule has 0 aliphatic carbocycles. The fourth-order valence-electron chi connectivity index (χ4n) is 3.47. The molecule has 3 heterocycles. The second kappa shape index (κ2) is 9.29. The van der Waals surface area contributed by atoms with Crippen molar-refractivity contribution in [3.05, 3.63) is 62.3 Å². The molecule has 4 rings (SSSR count). The smallest absolute Gasteiger partial charge is 0.230 e. The summed E-state index contributed by atoms with van der Waals surface area (Å²) in [6.07, 6.45) is 0. The molecule has 0 unspecified atom stereocenters. The molecule has 0 aliphatic rings. The molecule has 0 fully saturated rings. The van der Waals surface area contributed by atoms with E-state index in [9.17, 15) is 4.79 Å². The zero-order chi connectivity index (χ0) is 22.0. The van der Waals surface area contributed by atoms with E-state index in [2.05, 4.69) is 40.6 Å². The predicted molar refractivity (Wildman–Crippen MR) is 126 cm³/mol. The van der Waals surface area contributed by atoms with Gasteiger partial charge in [-0.3, -0.25) is 9.69 Å². The summed E-state index contributed by atoms with van der Waals surface area (Å²) in [7, 11) is 0. The Morgan fingerprint density at radius 1 is 1.19 bits per heavy atom. The Kier molecular flexibility index (Phi) is 6.49. The van der Waals surface area contributed by atoms with Crippen molar-refractivity contribution in [2.45, 2.75) is 45.1 Å². The lowest BCUT2D eigenvalue weighted by molar-refractivity contribution is -0.115. The lowest BCUT2D eigenvalue weighted by Crippen LogP contribution is -2.24. The van der Waals surface area contributed by atoms with E-state index in [0.29, 0.717) is 17.4 Å². The Morgan fingerprint density at radius 3 is 2.65 bits per heavy atom. The molecule has 0 saturated heterocycles. The number of carbonyl (C=O) groups excluding carboxylic acids is 1. The van der Waals surface area contributed by atoms with Crippen molar-refractivity contribution in [2.24, 2.45) is 0 Å². The molecule has 160 valence electrons. The van der Waals surface area contributed by atoms with E-state index in [1.165, 1.54) is 33.5 Å². The summed E-state index contributed by atoms with van der Waals surface area (Å²) in [5.74, 6) is 0.572. The zero-order valence-corrected chi connectivity index (χ0v) is 20.1. The van der Waals surface area contributed by atoms with Crippen LogP contribution in [-0.4, -0.2) is 31.1 Å². The van der Waals surface area contributed by atoms with Crippen molar-refractivity contribution in [3.8, 4) is 0 Å². The van der Waals surface area contributed by atoms with Crippen molar-refractivity contribution in [1.29, 1.82) is 0 Å². The Labute approximate surface area is 193 Å². The Bertz CT molecular complexity index is 1170. The normalized spacial score (nSPS) is 11.1. The number of nitrogens with zero attached hydrogens (tertiary/aromatic N) is 6. The average Bonchev–Trinajstić information content (AvgIpc) is 3.45. The number of tetrazole rings is 1. The lowest BCUT2D eigenvalue weighted by Gasteiger charge is -2.23. The van der Waals surface area contributed by atoms with Crippen LogP contribution in [0, 0.1) is 20.8 Å². The van der Waals surface area contributed by atoms with Gasteiger partial charge in [0.15, 0.2) is 5.13 Å². The molecular formula is C21H22N6OS3. The van der Waals surface area contributed by atoms with E-state index in [1.807, 2.05) is 30.7 Å². The zero-order valence-electron chi connectivity index (χ0n) is 17.7. The monoisotopic (exact) mass is 470 g/mol. The van der Waals surface area contributed by atoms with Crippen molar-refractivity contribution >= 4 is 51.2 Å². The van der Waals surface area contributed by atoms with Gasteiger partial charge in [-0.05, 0) is 53.8 Å². The first-order valence-corrected chi connectivity index (χ1v) is 12.4. The van der Waals surface area contributed by atoms with E-state index in [0.717, 1.165) is 27.7 Å². The summed E-state index contributed by atoms with van der Waals surface area (Å²) >= 11 is 4.69. The van der Waals surface area contributed by atoms with Gasteiger partial charge in [0.2, 0.25) is 11.1 Å². The summed E-state index contributed by atoms with van der Waals surface area (Å²) < 4.78 is 1.80. The van der Waals surface area contributed by atoms with Crippen molar-refractivity contribution in [1.82, 2.24) is 25.2 Å². The number of hydrogen-bond acceptors (Lipinski definition) is 8. The number of anilines is 2. The maximum absolute atomic E-state index is 12.5. The van der Waals surface area contributed by atoms with Crippen LogP contribution >= 0.6 is 34.4 Å². The fraction of sp³-hybridized carbons (Fsp3) is 0.286. The fourth-order valence-corrected chi connectivity index (χ4v) is 5.90. The van der Waals surface area contributed by atoms with Crippen LogP contribution in [0.2, 0.25) is 0 Å². The van der Waals surface area contributed by atoms with Gasteiger partial charge in [0, 0.05) is 22.9 Å². The van der Waals surface area contributed by atoms with Crippen LogP contribution in [0.1, 0.15) is 34.2 Å². The molecule has 1 aromatic carbocycles. The number of hydrogen-bond donors (Lipinski definition) is 0. The first kappa shape index (κ1) is 21.7. The molecule has 0 radical (unpaired) electrons. The van der Waals surface area contributed by atoms with Gasteiger partial charge in [0.25, 0.3) is 0 Å². The lowest BCUT2D eigenvalue weighted by atomic mass is 10.0. The molecule has 3 aromatic heterocycles. The highest BCUT2D eigenvalue weighted by Crippen LogP contribution is 2.35. The number of benzene rings is 1. The van der Waals surface area contributed by atoms with Gasteiger partial charge in [-0.15, -0.1) is 27.8 Å². The number of thiazole rings is 1. The summed E-state index contributed by atoms with van der Waals surface area (Å²) in [6, 6.07) is 8.28. The third-order valence-electron chi connectivity index (χ3n) is 4.64. The second-order valence-electron chi connectivity index (χ2n) is 7.21. The van der Waals surface area contributed by atoms with Crippen molar-refractivity contribution in [2.75, 3.05) is 4.90 Å². The average molecular weight is 471 g/mol. The minimum absolute atomic E-state index is 0.0523. The maximum atomic E-state index is 12.5. The minimum atomic E-state index is -0.0523. The van der Waals surface area contributed by atoms with Crippen LogP contribution < -0.4 is 4.90 Å². The molecule has 1 amide bonds. The van der Waals surface area contributed by atoms with Gasteiger partial charge in [0.05, 0.1) is 17.9 Å². The van der Waals surface area contributed by atoms with Gasteiger partial charge in [0.1, 0.15) is 0 Å². The molecule has 0 bridgehead atoms.